The smallest absolute Gasteiger partial charge is 0.364 e. The SMILES string of the molecule is O=C(Cc1ccc(-c2ccccc2)cc1)NC[C@@H](O)[C@@H](O)[C@@H]1O[C@@](O)(C(=O)O)C[C@H](O)C1NC(=O)CO. The summed E-state index contributed by atoms with van der Waals surface area (Å²) in [6.45, 7) is -1.45. The lowest BCUT2D eigenvalue weighted by atomic mass is 9.88. The van der Waals surface area contributed by atoms with Gasteiger partial charge in [-0.15, -0.1) is 0 Å². The van der Waals surface area contributed by atoms with E-state index in [1.807, 2.05) is 42.5 Å². The molecule has 1 aliphatic heterocycles. The number of ether oxygens (including phenoxy) is 1. The highest BCUT2D eigenvalue weighted by atomic mass is 16.7. The molecule has 0 radical (unpaired) electrons. The van der Waals surface area contributed by atoms with Crippen LogP contribution in [0.15, 0.2) is 54.6 Å². The third kappa shape index (κ3) is 7.10. The van der Waals surface area contributed by atoms with Crippen molar-refractivity contribution < 1.29 is 49.8 Å². The first-order valence-corrected chi connectivity index (χ1v) is 11.5. The van der Waals surface area contributed by atoms with Crippen LogP contribution in [-0.2, 0) is 25.5 Å². The summed E-state index contributed by atoms with van der Waals surface area (Å²) >= 11 is 0. The lowest BCUT2D eigenvalue weighted by molar-refractivity contribution is -0.294. The molecule has 12 nitrogen and oxygen atoms in total. The molecule has 0 spiro atoms. The zero-order chi connectivity index (χ0) is 27.2. The topological polar surface area (TPSA) is 206 Å². The standard InChI is InChI=1S/C25H30N2O10/c28-13-20(32)27-21-17(29)11-25(36,24(34)35)37-23(21)22(33)18(30)12-26-19(31)10-14-6-8-16(9-7-14)15-4-2-1-3-5-15/h1-9,17-18,21-23,28-30,33,36H,10-13H2,(H,26,31)(H,27,32)(H,34,35)/t17-,18+,21?,22+,23+,25+/m0/s1. The molecule has 1 unspecified atom stereocenters. The molecule has 37 heavy (non-hydrogen) atoms. The quantitative estimate of drug-likeness (QED) is 0.176. The Balaban J connectivity index is 1.61. The molecule has 1 heterocycles. The normalized spacial score (nSPS) is 25.1. The number of carbonyl (C=O) groups is 3. The van der Waals surface area contributed by atoms with Crippen LogP contribution in [-0.4, -0.2) is 97.8 Å². The molecule has 6 atom stereocenters. The Morgan fingerprint density at radius 1 is 1.00 bits per heavy atom. The van der Waals surface area contributed by atoms with Crippen molar-refractivity contribution in [1.82, 2.24) is 10.6 Å². The van der Waals surface area contributed by atoms with Crippen molar-refractivity contribution in [1.29, 1.82) is 0 Å². The van der Waals surface area contributed by atoms with Crippen LogP contribution < -0.4 is 10.6 Å². The number of hydrogen-bond acceptors (Lipinski definition) is 9. The third-order valence-electron chi connectivity index (χ3n) is 6.06. The van der Waals surface area contributed by atoms with Crippen molar-refractivity contribution in [3.8, 4) is 11.1 Å². The van der Waals surface area contributed by atoms with E-state index in [4.69, 9.17) is 9.84 Å². The van der Waals surface area contributed by atoms with Crippen LogP contribution in [0, 0.1) is 0 Å². The molecule has 0 bridgehead atoms. The number of carbonyl (C=O) groups excluding carboxylic acids is 2. The van der Waals surface area contributed by atoms with Gasteiger partial charge in [-0.25, -0.2) is 4.79 Å². The van der Waals surface area contributed by atoms with E-state index in [2.05, 4.69) is 10.6 Å². The van der Waals surface area contributed by atoms with Gasteiger partial charge in [-0.3, -0.25) is 9.59 Å². The molecule has 3 rings (SSSR count). The molecular formula is C25H30N2O10. The molecule has 1 aliphatic rings. The molecule has 8 N–H and O–H groups in total. The molecule has 2 aromatic carbocycles. The van der Waals surface area contributed by atoms with E-state index in [0.29, 0.717) is 5.56 Å². The average molecular weight is 519 g/mol. The van der Waals surface area contributed by atoms with Crippen molar-refractivity contribution in [2.75, 3.05) is 13.2 Å². The van der Waals surface area contributed by atoms with E-state index in [1.54, 1.807) is 12.1 Å². The zero-order valence-corrected chi connectivity index (χ0v) is 19.7. The minimum Gasteiger partial charge on any atom is -0.477 e. The van der Waals surface area contributed by atoms with Crippen LogP contribution >= 0.6 is 0 Å². The van der Waals surface area contributed by atoms with Crippen LogP contribution in [0.1, 0.15) is 12.0 Å². The maximum atomic E-state index is 12.4. The number of aliphatic hydroxyl groups excluding tert-OH is 4. The molecule has 0 saturated carbocycles. The third-order valence-corrected chi connectivity index (χ3v) is 6.06. The van der Waals surface area contributed by atoms with Crippen LogP contribution in [0.4, 0.5) is 0 Å². The van der Waals surface area contributed by atoms with E-state index in [0.717, 1.165) is 11.1 Å². The van der Waals surface area contributed by atoms with Gasteiger partial charge in [0, 0.05) is 13.0 Å². The Labute approximate surface area is 212 Å². The Kier molecular flexibility index (Phi) is 9.32. The Morgan fingerprint density at radius 2 is 1.62 bits per heavy atom. The van der Waals surface area contributed by atoms with Crippen molar-refractivity contribution in [2.45, 2.75) is 49.1 Å². The Hall–Kier alpha value is -3.39. The van der Waals surface area contributed by atoms with Gasteiger partial charge in [-0.05, 0) is 16.7 Å². The van der Waals surface area contributed by atoms with E-state index < -0.39 is 73.6 Å². The molecule has 1 fully saturated rings. The number of carboxylic acids is 1. The van der Waals surface area contributed by atoms with Crippen LogP contribution in [0.2, 0.25) is 0 Å². The predicted molar refractivity (Wildman–Crippen MR) is 128 cm³/mol. The molecule has 0 aliphatic carbocycles. The number of aliphatic carboxylic acids is 1. The summed E-state index contributed by atoms with van der Waals surface area (Å²) in [6, 6.07) is 15.5. The molecule has 200 valence electrons. The van der Waals surface area contributed by atoms with Gasteiger partial charge >= 0.3 is 5.97 Å². The second-order valence-corrected chi connectivity index (χ2v) is 8.80. The molecule has 1 saturated heterocycles. The van der Waals surface area contributed by atoms with Gasteiger partial charge < -0.3 is 46.0 Å². The van der Waals surface area contributed by atoms with Gasteiger partial charge in [0.05, 0.1) is 24.7 Å². The monoisotopic (exact) mass is 518 g/mol. The Bertz CT molecular complexity index is 1080. The fourth-order valence-corrected chi connectivity index (χ4v) is 4.06. The first-order valence-electron chi connectivity index (χ1n) is 11.5. The van der Waals surface area contributed by atoms with Gasteiger partial charge in [-0.1, -0.05) is 54.6 Å². The first-order chi connectivity index (χ1) is 17.5. The van der Waals surface area contributed by atoms with Crippen molar-refractivity contribution >= 4 is 17.8 Å². The van der Waals surface area contributed by atoms with Crippen LogP contribution in [0.3, 0.4) is 0 Å². The number of rotatable bonds is 10. The van der Waals surface area contributed by atoms with Gasteiger partial charge in [0.15, 0.2) is 0 Å². The summed E-state index contributed by atoms with van der Waals surface area (Å²) in [5, 5.41) is 64.4. The highest BCUT2D eigenvalue weighted by Gasteiger charge is 2.54. The van der Waals surface area contributed by atoms with E-state index in [9.17, 15) is 39.9 Å². The van der Waals surface area contributed by atoms with Gasteiger partial charge in [0.2, 0.25) is 11.8 Å². The number of aliphatic hydroxyl groups is 5. The predicted octanol–water partition coefficient (Wildman–Crippen LogP) is -1.87. The summed E-state index contributed by atoms with van der Waals surface area (Å²) < 4.78 is 5.07. The fourth-order valence-electron chi connectivity index (χ4n) is 4.06. The minimum atomic E-state index is -2.90. The van der Waals surface area contributed by atoms with Gasteiger partial charge in [0.25, 0.3) is 5.79 Å². The summed E-state index contributed by atoms with van der Waals surface area (Å²) in [5.41, 5.74) is 2.69. The van der Waals surface area contributed by atoms with E-state index >= 15 is 0 Å². The molecule has 0 aromatic heterocycles. The van der Waals surface area contributed by atoms with Gasteiger partial charge in [0.1, 0.15) is 18.8 Å². The average Bonchev–Trinajstić information content (AvgIpc) is 2.89. The van der Waals surface area contributed by atoms with E-state index in [1.165, 1.54) is 0 Å². The van der Waals surface area contributed by atoms with Crippen LogP contribution in [0.5, 0.6) is 0 Å². The number of nitrogens with one attached hydrogen (secondary N) is 2. The molecule has 2 aromatic rings. The van der Waals surface area contributed by atoms with E-state index in [-0.39, 0.29) is 6.42 Å². The van der Waals surface area contributed by atoms with Crippen molar-refractivity contribution in [2.24, 2.45) is 0 Å². The number of hydrogen-bond donors (Lipinski definition) is 8. The van der Waals surface area contributed by atoms with Crippen molar-refractivity contribution in [3.63, 3.8) is 0 Å². The second-order valence-electron chi connectivity index (χ2n) is 8.80. The fraction of sp³-hybridized carbons (Fsp3) is 0.400. The number of benzene rings is 2. The lowest BCUT2D eigenvalue weighted by Gasteiger charge is -2.44. The maximum Gasteiger partial charge on any atom is 0.364 e. The second kappa shape index (κ2) is 12.2. The molecule has 2 amide bonds. The summed E-state index contributed by atoms with van der Waals surface area (Å²) in [5.74, 6) is -6.20. The largest absolute Gasteiger partial charge is 0.477 e. The summed E-state index contributed by atoms with van der Waals surface area (Å²) in [4.78, 5) is 35.4. The number of carboxylic acid groups (broad SMARTS) is 1. The summed E-state index contributed by atoms with van der Waals surface area (Å²) in [6.07, 6.45) is -8.05. The van der Waals surface area contributed by atoms with Crippen molar-refractivity contribution in [3.05, 3.63) is 60.2 Å². The zero-order valence-electron chi connectivity index (χ0n) is 19.7. The highest BCUT2D eigenvalue weighted by Crippen LogP contribution is 2.30. The Morgan fingerprint density at radius 3 is 2.22 bits per heavy atom. The maximum absolute atomic E-state index is 12.4. The lowest BCUT2D eigenvalue weighted by Crippen LogP contribution is -2.67. The molecular weight excluding hydrogens is 488 g/mol. The molecule has 12 heteroatoms. The highest BCUT2D eigenvalue weighted by molar-refractivity contribution is 5.79. The van der Waals surface area contributed by atoms with Crippen LogP contribution in [0.25, 0.3) is 11.1 Å². The minimum absolute atomic E-state index is 0.0233. The number of amides is 2. The summed E-state index contributed by atoms with van der Waals surface area (Å²) in [7, 11) is 0. The first kappa shape index (κ1) is 28.2. The van der Waals surface area contributed by atoms with Gasteiger partial charge in [-0.2, -0.15) is 0 Å².